The molecule has 0 aliphatic carbocycles. The highest BCUT2D eigenvalue weighted by Gasteiger charge is 2.51. The van der Waals surface area contributed by atoms with E-state index in [0.717, 1.165) is 50.6 Å². The van der Waals surface area contributed by atoms with E-state index in [-0.39, 0.29) is 54.6 Å². The highest BCUT2D eigenvalue weighted by molar-refractivity contribution is 7.13. The van der Waals surface area contributed by atoms with Crippen LogP contribution in [0.4, 0.5) is 5.13 Å². The van der Waals surface area contributed by atoms with Crippen molar-refractivity contribution in [2.45, 2.75) is 37.8 Å². The summed E-state index contributed by atoms with van der Waals surface area (Å²) in [6.07, 6.45) is 5.52. The van der Waals surface area contributed by atoms with Gasteiger partial charge in [-0.3, -0.25) is 9.59 Å². The molecule has 162 valence electrons. The molecule has 0 saturated carbocycles. The summed E-state index contributed by atoms with van der Waals surface area (Å²) < 4.78 is 0. The molecular weight excluding hydrogens is 433 g/mol. The molecule has 4 atom stereocenters. The molecule has 0 spiro atoms. The van der Waals surface area contributed by atoms with E-state index in [1.807, 2.05) is 21.4 Å². The number of hydrogen-bond acceptors (Lipinski definition) is 6. The third-order valence-electron chi connectivity index (χ3n) is 6.78. The van der Waals surface area contributed by atoms with Gasteiger partial charge in [0.2, 0.25) is 11.8 Å². The Kier molecular flexibility index (Phi) is 7.30. The summed E-state index contributed by atoms with van der Waals surface area (Å²) in [5, 5.41) is 6.55. The molecule has 4 fully saturated rings. The fourth-order valence-electron chi connectivity index (χ4n) is 5.51. The summed E-state index contributed by atoms with van der Waals surface area (Å²) in [6, 6.07) is -0.0147. The van der Waals surface area contributed by atoms with Gasteiger partial charge in [-0.25, -0.2) is 4.98 Å². The Labute approximate surface area is 188 Å². The largest absolute Gasteiger partial charge is 0.345 e. The highest BCUT2D eigenvalue weighted by atomic mass is 35.5. The summed E-state index contributed by atoms with van der Waals surface area (Å²) in [4.78, 5) is 36.9. The maximum atomic E-state index is 13.5. The topological polar surface area (TPSA) is 68.8 Å². The Hall–Kier alpha value is -1.09. The van der Waals surface area contributed by atoms with Crippen molar-refractivity contribution in [2.75, 3.05) is 44.2 Å². The zero-order chi connectivity index (χ0) is 18.4. The normalized spacial score (nSPS) is 31.4. The summed E-state index contributed by atoms with van der Waals surface area (Å²) in [6.45, 7) is 4.89. The Morgan fingerprint density at radius 3 is 2.62 bits per heavy atom. The molecule has 2 bridgehead atoms. The summed E-state index contributed by atoms with van der Waals surface area (Å²) >= 11 is 1.64. The number of piperidine rings is 3. The van der Waals surface area contributed by atoms with Gasteiger partial charge >= 0.3 is 0 Å². The van der Waals surface area contributed by atoms with Gasteiger partial charge < -0.3 is 20.0 Å². The van der Waals surface area contributed by atoms with Gasteiger partial charge in [-0.15, -0.1) is 36.2 Å². The molecule has 4 aliphatic heterocycles. The van der Waals surface area contributed by atoms with E-state index in [2.05, 4.69) is 15.2 Å². The van der Waals surface area contributed by atoms with E-state index >= 15 is 0 Å². The highest BCUT2D eigenvalue weighted by Crippen LogP contribution is 2.40. The fraction of sp³-hybridized carbons (Fsp3) is 0.737. The molecule has 2 amide bonds. The molecule has 1 aromatic rings. The molecule has 4 aliphatic rings. The van der Waals surface area contributed by atoms with Crippen molar-refractivity contribution in [1.82, 2.24) is 20.1 Å². The number of thiazole rings is 1. The third-order valence-corrected chi connectivity index (χ3v) is 7.61. The van der Waals surface area contributed by atoms with Crippen LogP contribution in [0.3, 0.4) is 0 Å². The number of halogens is 2. The van der Waals surface area contributed by atoms with Gasteiger partial charge in [-0.05, 0) is 31.7 Å². The number of carbonyl (C=O) groups excluding carboxylic acids is 2. The van der Waals surface area contributed by atoms with Gasteiger partial charge in [-0.2, -0.15) is 0 Å². The minimum absolute atomic E-state index is 0. The van der Waals surface area contributed by atoms with Gasteiger partial charge in [0.25, 0.3) is 0 Å². The quantitative estimate of drug-likeness (QED) is 0.724. The smallest absolute Gasteiger partial charge is 0.245 e. The van der Waals surface area contributed by atoms with Gasteiger partial charge in [0.1, 0.15) is 6.04 Å². The van der Waals surface area contributed by atoms with Gasteiger partial charge in [0.15, 0.2) is 5.13 Å². The zero-order valence-corrected chi connectivity index (χ0v) is 18.8. The predicted molar refractivity (Wildman–Crippen MR) is 118 cm³/mol. The van der Waals surface area contributed by atoms with Crippen LogP contribution < -0.4 is 10.2 Å². The van der Waals surface area contributed by atoms with Crippen LogP contribution in [-0.2, 0) is 9.59 Å². The monoisotopic (exact) mass is 461 g/mol. The molecule has 4 saturated heterocycles. The number of piperazine rings is 1. The number of nitrogens with one attached hydrogen (secondary N) is 1. The van der Waals surface area contributed by atoms with E-state index in [4.69, 9.17) is 0 Å². The van der Waals surface area contributed by atoms with Crippen LogP contribution >= 0.6 is 36.2 Å². The molecule has 0 unspecified atom stereocenters. The van der Waals surface area contributed by atoms with Crippen LogP contribution in [0.15, 0.2) is 11.6 Å². The second kappa shape index (κ2) is 9.37. The Morgan fingerprint density at radius 1 is 1.14 bits per heavy atom. The van der Waals surface area contributed by atoms with Crippen LogP contribution in [0.5, 0.6) is 0 Å². The molecule has 5 heterocycles. The van der Waals surface area contributed by atoms with Crippen LogP contribution in [0.1, 0.15) is 25.7 Å². The van der Waals surface area contributed by atoms with E-state index in [1.165, 1.54) is 0 Å². The van der Waals surface area contributed by atoms with Crippen molar-refractivity contribution in [3.8, 4) is 0 Å². The first-order valence-corrected chi connectivity index (χ1v) is 11.1. The van der Waals surface area contributed by atoms with E-state index < -0.39 is 0 Å². The first-order valence-electron chi connectivity index (χ1n) is 10.2. The third kappa shape index (κ3) is 4.09. The van der Waals surface area contributed by atoms with Crippen molar-refractivity contribution in [2.24, 2.45) is 11.8 Å². The minimum atomic E-state index is -0.265. The van der Waals surface area contributed by atoms with E-state index in [9.17, 15) is 9.59 Å². The average molecular weight is 462 g/mol. The van der Waals surface area contributed by atoms with Gasteiger partial charge in [0, 0.05) is 62.7 Å². The predicted octanol–water partition coefficient (Wildman–Crippen LogP) is 1.62. The molecule has 0 aromatic carbocycles. The molecular formula is C19H29Cl2N5O2S. The second-order valence-electron chi connectivity index (χ2n) is 8.25. The Morgan fingerprint density at radius 2 is 1.90 bits per heavy atom. The number of nitrogens with zero attached hydrogens (tertiary/aromatic N) is 4. The molecule has 7 nitrogen and oxygen atoms in total. The van der Waals surface area contributed by atoms with Crippen molar-refractivity contribution in [1.29, 1.82) is 0 Å². The zero-order valence-electron chi connectivity index (χ0n) is 16.4. The number of hydrogen-bond donors (Lipinski definition) is 1. The number of carbonyl (C=O) groups is 2. The number of fused-ring (bicyclic) bond motifs is 4. The first-order chi connectivity index (χ1) is 13.2. The van der Waals surface area contributed by atoms with Crippen molar-refractivity contribution >= 4 is 53.1 Å². The fourth-order valence-corrected chi connectivity index (χ4v) is 6.20. The molecule has 1 N–H and O–H groups in total. The van der Waals surface area contributed by atoms with Crippen LogP contribution in [-0.4, -0.2) is 78.0 Å². The van der Waals surface area contributed by atoms with Crippen molar-refractivity contribution < 1.29 is 9.59 Å². The summed E-state index contributed by atoms with van der Waals surface area (Å²) in [5.41, 5.74) is 0. The molecule has 29 heavy (non-hydrogen) atoms. The molecule has 1 aromatic heterocycles. The van der Waals surface area contributed by atoms with Crippen LogP contribution in [0, 0.1) is 11.8 Å². The van der Waals surface area contributed by atoms with Crippen molar-refractivity contribution in [3.05, 3.63) is 11.6 Å². The Bertz CT molecular complexity index is 713. The molecule has 0 radical (unpaired) electrons. The number of aromatic nitrogens is 1. The molecule has 10 heteroatoms. The molecule has 5 rings (SSSR count). The maximum absolute atomic E-state index is 13.5. The number of rotatable bonds is 2. The van der Waals surface area contributed by atoms with E-state index in [1.54, 1.807) is 11.3 Å². The minimum Gasteiger partial charge on any atom is -0.345 e. The van der Waals surface area contributed by atoms with Gasteiger partial charge in [-0.1, -0.05) is 0 Å². The lowest BCUT2D eigenvalue weighted by atomic mass is 9.72. The SMILES string of the molecule is Cl.Cl.O=C([C@H]1[C@@H]2CNC[C@@H](C2)[C@@H]2CCCC(=O)N21)N1CCN(c2nccs2)CC1. The first kappa shape index (κ1) is 22.6. The number of anilines is 1. The standard InChI is InChI=1S/C19H27N5O2S.2ClH/c25-16-3-1-2-15-13-10-14(12-20-11-13)17(24(15)16)18(26)22-5-7-23(8-6-22)19-21-4-9-27-19;;/h4,9,13-15,17,20H,1-3,5-8,10-12H2;2*1H/t13-,14+,15+,17-;;/m1../s1. The number of amides is 2. The Balaban J connectivity index is 0.00000120. The average Bonchev–Trinajstić information content (AvgIpc) is 3.24. The lowest BCUT2D eigenvalue weighted by Crippen LogP contribution is -2.69. The lowest BCUT2D eigenvalue weighted by molar-refractivity contribution is -0.162. The van der Waals surface area contributed by atoms with E-state index in [0.29, 0.717) is 25.4 Å². The maximum Gasteiger partial charge on any atom is 0.245 e. The summed E-state index contributed by atoms with van der Waals surface area (Å²) in [7, 11) is 0. The second-order valence-corrected chi connectivity index (χ2v) is 9.12. The van der Waals surface area contributed by atoms with Crippen molar-refractivity contribution in [3.63, 3.8) is 0 Å². The van der Waals surface area contributed by atoms with Gasteiger partial charge in [0.05, 0.1) is 0 Å². The van der Waals surface area contributed by atoms with Crippen LogP contribution in [0.2, 0.25) is 0 Å². The van der Waals surface area contributed by atoms with Crippen LogP contribution in [0.25, 0.3) is 0 Å². The summed E-state index contributed by atoms with van der Waals surface area (Å²) in [5.74, 6) is 1.13. The lowest BCUT2D eigenvalue weighted by Gasteiger charge is -2.54.